The van der Waals surface area contributed by atoms with Gasteiger partial charge in [0.1, 0.15) is 11.6 Å². The molecule has 2 heterocycles. The van der Waals surface area contributed by atoms with Crippen LogP contribution in [0.2, 0.25) is 0 Å². The largest absolute Gasteiger partial charge is 0.325 e. The fraction of sp³-hybridized carbons (Fsp3) is 0.412. The van der Waals surface area contributed by atoms with Crippen molar-refractivity contribution in [1.82, 2.24) is 15.3 Å². The molecule has 0 saturated carbocycles. The quantitative estimate of drug-likeness (QED) is 0.792. The molecular weight excluding hydrogens is 340 g/mol. The van der Waals surface area contributed by atoms with Crippen LogP contribution in [-0.4, -0.2) is 44.4 Å². The van der Waals surface area contributed by atoms with Gasteiger partial charge in [-0.2, -0.15) is 5.01 Å². The van der Waals surface area contributed by atoms with Crippen molar-refractivity contribution < 1.29 is 14.4 Å². The predicted octanol–water partition coefficient (Wildman–Crippen LogP) is 1.20. The average molecular weight is 360 g/mol. The molecule has 0 aliphatic carbocycles. The first-order chi connectivity index (χ1) is 11.8. The van der Waals surface area contributed by atoms with Crippen LogP contribution in [0.15, 0.2) is 24.3 Å². The van der Waals surface area contributed by atoms with Crippen molar-refractivity contribution in [3.05, 3.63) is 29.8 Å². The van der Waals surface area contributed by atoms with Gasteiger partial charge in [-0.15, -0.1) is 0 Å². The van der Waals surface area contributed by atoms with Gasteiger partial charge in [0.15, 0.2) is 5.11 Å². The summed E-state index contributed by atoms with van der Waals surface area (Å²) in [6.45, 7) is 5.37. The van der Waals surface area contributed by atoms with Gasteiger partial charge in [0.2, 0.25) is 17.7 Å². The van der Waals surface area contributed by atoms with Crippen LogP contribution in [0.25, 0.3) is 0 Å². The molecule has 25 heavy (non-hydrogen) atoms. The van der Waals surface area contributed by atoms with Crippen LogP contribution in [-0.2, 0) is 20.8 Å². The zero-order valence-electron chi connectivity index (χ0n) is 14.3. The van der Waals surface area contributed by atoms with Crippen molar-refractivity contribution in [2.45, 2.75) is 45.2 Å². The van der Waals surface area contributed by atoms with Gasteiger partial charge in [-0.05, 0) is 50.2 Å². The number of hydrogen-bond acceptors (Lipinski definition) is 5. The minimum Gasteiger partial charge on any atom is -0.325 e. The standard InChI is InChI=1S/C17H20N4O3S/c1-4-10-5-7-11(8-6-10)18-14(23)12-9-13(22)20-16(25)19-15(24)17(2,3)21(12)20/h5-8,12H,4,9H2,1-3H3,(H,18,23)(H,19,24,25)/t12-/m0/s1. The number of hydrazine groups is 1. The topological polar surface area (TPSA) is 81.8 Å². The summed E-state index contributed by atoms with van der Waals surface area (Å²) in [6, 6.07) is 6.73. The van der Waals surface area contributed by atoms with E-state index in [2.05, 4.69) is 17.6 Å². The first-order valence-corrected chi connectivity index (χ1v) is 8.54. The molecule has 0 radical (unpaired) electrons. The van der Waals surface area contributed by atoms with Gasteiger partial charge < -0.3 is 5.32 Å². The smallest absolute Gasteiger partial charge is 0.248 e. The Hall–Kier alpha value is -2.32. The third-order valence-corrected chi connectivity index (χ3v) is 4.86. The van der Waals surface area contributed by atoms with E-state index in [0.29, 0.717) is 5.69 Å². The highest BCUT2D eigenvalue weighted by atomic mass is 32.1. The van der Waals surface area contributed by atoms with Crippen molar-refractivity contribution in [1.29, 1.82) is 0 Å². The Bertz CT molecular complexity index is 760. The first kappa shape index (κ1) is 17.5. The van der Waals surface area contributed by atoms with Crippen LogP contribution < -0.4 is 10.6 Å². The molecule has 7 nitrogen and oxygen atoms in total. The normalized spacial score (nSPS) is 22.6. The lowest BCUT2D eigenvalue weighted by Gasteiger charge is -2.45. The summed E-state index contributed by atoms with van der Waals surface area (Å²) in [5, 5.41) is 8.05. The van der Waals surface area contributed by atoms with E-state index in [9.17, 15) is 14.4 Å². The van der Waals surface area contributed by atoms with E-state index in [0.717, 1.165) is 6.42 Å². The second kappa shape index (κ2) is 6.20. The molecular formula is C17H20N4O3S. The lowest BCUT2D eigenvalue weighted by Crippen LogP contribution is -2.71. The van der Waals surface area contributed by atoms with Crippen LogP contribution >= 0.6 is 12.2 Å². The van der Waals surface area contributed by atoms with Crippen LogP contribution in [0.1, 0.15) is 32.8 Å². The molecule has 3 rings (SSSR count). The Balaban J connectivity index is 1.85. The Morgan fingerprint density at radius 3 is 2.56 bits per heavy atom. The van der Waals surface area contributed by atoms with Crippen LogP contribution in [0.3, 0.4) is 0 Å². The summed E-state index contributed by atoms with van der Waals surface area (Å²) < 4.78 is 0. The summed E-state index contributed by atoms with van der Waals surface area (Å²) in [4.78, 5) is 37.4. The lowest BCUT2D eigenvalue weighted by molar-refractivity contribution is -0.154. The van der Waals surface area contributed by atoms with Crippen molar-refractivity contribution in [3.8, 4) is 0 Å². The Morgan fingerprint density at radius 2 is 1.96 bits per heavy atom. The van der Waals surface area contributed by atoms with Gasteiger partial charge >= 0.3 is 0 Å². The third-order valence-electron chi connectivity index (χ3n) is 4.59. The maximum atomic E-state index is 12.8. The van der Waals surface area contributed by atoms with Crippen molar-refractivity contribution in [2.75, 3.05) is 5.32 Å². The highest BCUT2D eigenvalue weighted by Gasteiger charge is 2.56. The van der Waals surface area contributed by atoms with Gasteiger partial charge in [0, 0.05) is 5.69 Å². The van der Waals surface area contributed by atoms with Crippen molar-refractivity contribution >= 4 is 40.7 Å². The van der Waals surface area contributed by atoms with Gasteiger partial charge in [-0.1, -0.05) is 19.1 Å². The zero-order chi connectivity index (χ0) is 18.4. The molecule has 1 aromatic carbocycles. The van der Waals surface area contributed by atoms with E-state index in [1.165, 1.54) is 15.6 Å². The Morgan fingerprint density at radius 1 is 1.32 bits per heavy atom. The van der Waals surface area contributed by atoms with Crippen molar-refractivity contribution in [3.63, 3.8) is 0 Å². The Labute approximate surface area is 151 Å². The number of nitrogens with one attached hydrogen (secondary N) is 2. The van der Waals surface area contributed by atoms with Crippen LogP contribution in [0, 0.1) is 0 Å². The maximum Gasteiger partial charge on any atom is 0.248 e. The molecule has 2 N–H and O–H groups in total. The summed E-state index contributed by atoms with van der Waals surface area (Å²) in [5.74, 6) is -0.987. The number of rotatable bonds is 3. The minimum atomic E-state index is -1.07. The number of fused-ring (bicyclic) bond motifs is 1. The average Bonchev–Trinajstić information content (AvgIpc) is 2.93. The number of nitrogens with zero attached hydrogens (tertiary/aromatic N) is 2. The Kier molecular flexibility index (Phi) is 4.34. The van der Waals surface area contributed by atoms with E-state index >= 15 is 0 Å². The highest BCUT2D eigenvalue weighted by Crippen LogP contribution is 2.32. The number of carbonyl (C=O) groups is 3. The molecule has 8 heteroatoms. The molecule has 2 aliphatic heterocycles. The minimum absolute atomic E-state index is 0.0110. The first-order valence-electron chi connectivity index (χ1n) is 8.13. The molecule has 132 valence electrons. The maximum absolute atomic E-state index is 12.8. The summed E-state index contributed by atoms with van der Waals surface area (Å²) >= 11 is 5.10. The molecule has 0 aromatic heterocycles. The second-order valence-electron chi connectivity index (χ2n) is 6.63. The number of benzene rings is 1. The second-order valence-corrected chi connectivity index (χ2v) is 7.01. The van der Waals surface area contributed by atoms with E-state index < -0.39 is 11.6 Å². The van der Waals surface area contributed by atoms with E-state index in [1.807, 2.05) is 24.3 Å². The van der Waals surface area contributed by atoms with Gasteiger partial charge in [0.05, 0.1) is 6.42 Å². The lowest BCUT2D eigenvalue weighted by atomic mass is 10.00. The zero-order valence-corrected chi connectivity index (χ0v) is 15.1. The molecule has 0 unspecified atom stereocenters. The molecule has 1 aromatic rings. The monoisotopic (exact) mass is 360 g/mol. The van der Waals surface area contributed by atoms with Crippen LogP contribution in [0.4, 0.5) is 5.69 Å². The van der Waals surface area contributed by atoms with Crippen LogP contribution in [0.5, 0.6) is 0 Å². The van der Waals surface area contributed by atoms with E-state index in [1.54, 1.807) is 13.8 Å². The highest BCUT2D eigenvalue weighted by molar-refractivity contribution is 7.80. The SMILES string of the molecule is CCc1ccc(NC(=O)[C@@H]2CC(=O)N3C(=S)NC(=O)C(C)(C)N23)cc1. The number of amides is 3. The molecule has 1 atom stereocenters. The molecule has 2 fully saturated rings. The van der Waals surface area contributed by atoms with Gasteiger partial charge in [-0.25, -0.2) is 5.01 Å². The van der Waals surface area contributed by atoms with E-state index in [4.69, 9.17) is 12.2 Å². The van der Waals surface area contributed by atoms with Crippen molar-refractivity contribution in [2.24, 2.45) is 0 Å². The molecule has 0 spiro atoms. The molecule has 3 amide bonds. The van der Waals surface area contributed by atoms with Gasteiger partial charge in [0.25, 0.3) is 0 Å². The number of carbonyl (C=O) groups excluding carboxylic acids is 3. The van der Waals surface area contributed by atoms with E-state index in [-0.39, 0.29) is 29.3 Å². The summed E-state index contributed by atoms with van der Waals surface area (Å²) in [6.07, 6.45) is 0.881. The third kappa shape index (κ3) is 2.91. The van der Waals surface area contributed by atoms with Gasteiger partial charge in [-0.3, -0.25) is 19.7 Å². The number of thiocarbonyl (C=S) groups is 1. The summed E-state index contributed by atoms with van der Waals surface area (Å²) in [7, 11) is 0. The number of hydrogen-bond donors (Lipinski definition) is 2. The number of anilines is 1. The fourth-order valence-electron chi connectivity index (χ4n) is 3.11. The number of aryl methyl sites for hydroxylation is 1. The molecule has 2 aliphatic rings. The predicted molar refractivity (Wildman–Crippen MR) is 96.4 cm³/mol. The molecule has 0 bridgehead atoms. The molecule has 2 saturated heterocycles. The fourth-order valence-corrected chi connectivity index (χ4v) is 3.39. The summed E-state index contributed by atoms with van der Waals surface area (Å²) in [5.41, 5.74) is 0.747.